The minimum absolute atomic E-state index is 0. The molecule has 0 amide bonds. The van der Waals surface area contributed by atoms with Gasteiger partial charge in [-0.15, -0.1) is 0 Å². The van der Waals surface area contributed by atoms with Crippen LogP contribution >= 0.6 is 0 Å². The van der Waals surface area contributed by atoms with E-state index in [-0.39, 0.29) is 17.3 Å². The predicted octanol–water partition coefficient (Wildman–Crippen LogP) is 10.7. The van der Waals surface area contributed by atoms with E-state index in [4.69, 9.17) is 4.74 Å². The number of para-hydroxylation sites is 1. The summed E-state index contributed by atoms with van der Waals surface area (Å²) in [6.45, 7) is 17.7. The summed E-state index contributed by atoms with van der Waals surface area (Å²) in [7, 11) is 12.5. The number of nitrogens with zero attached hydrogens (tertiary/aromatic N) is 6. The van der Waals surface area contributed by atoms with E-state index in [1.54, 1.807) is 0 Å². The van der Waals surface area contributed by atoms with Crippen molar-refractivity contribution in [2.45, 2.75) is 80.1 Å². The Morgan fingerprint density at radius 2 is 1.07 bits per heavy atom. The molecule has 5 aromatic rings. The van der Waals surface area contributed by atoms with E-state index in [0.29, 0.717) is 0 Å². The fourth-order valence-electron chi connectivity index (χ4n) is 6.36. The Morgan fingerprint density at radius 1 is 0.593 bits per heavy atom. The zero-order chi connectivity index (χ0) is 41.7. The average molecular weight is 809 g/mol. The van der Waals surface area contributed by atoms with Crippen LogP contribution in [0.15, 0.2) is 109 Å². The van der Waals surface area contributed by atoms with Crippen molar-refractivity contribution < 1.29 is 6.16 Å². The molecule has 0 atom stereocenters. The minimum atomic E-state index is 0. The summed E-state index contributed by atoms with van der Waals surface area (Å²) in [5.74, 6) is 0. The van der Waals surface area contributed by atoms with Crippen LogP contribution in [0.5, 0.6) is 0 Å². The van der Waals surface area contributed by atoms with Crippen molar-refractivity contribution >= 4 is 24.9 Å². The molecule has 3 aliphatic rings. The maximum absolute atomic E-state index is 5.10. The molecule has 8 rings (SSSR count). The predicted molar refractivity (Wildman–Crippen MR) is 264 cm³/mol. The van der Waals surface area contributed by atoms with Gasteiger partial charge in [-0.25, -0.2) is 0 Å². The lowest BCUT2D eigenvalue weighted by Gasteiger charge is -2.21. The number of hydrogen-bond acceptors (Lipinski definition) is 6. The van der Waals surface area contributed by atoms with Crippen LogP contribution in [-0.4, -0.2) is 121 Å². The second kappa shape index (κ2) is 33.8. The van der Waals surface area contributed by atoms with Crippen molar-refractivity contribution in [3.63, 3.8) is 0 Å². The number of ether oxygens (including phenoxy) is 1. The molecule has 8 heteroatoms. The molecule has 0 spiro atoms. The number of benzene rings is 4. The Labute approximate surface area is 365 Å². The van der Waals surface area contributed by atoms with Crippen molar-refractivity contribution in [2.24, 2.45) is 7.05 Å². The Morgan fingerprint density at radius 3 is 1.41 bits per heavy atom. The highest BCUT2D eigenvalue weighted by Gasteiger charge is 2.04. The summed E-state index contributed by atoms with van der Waals surface area (Å²) in [4.78, 5) is 9.10. The fourth-order valence-corrected chi connectivity index (χ4v) is 6.36. The largest absolute Gasteiger partial charge is 0.379 e. The Balaban J connectivity index is 0. The van der Waals surface area contributed by atoms with E-state index in [2.05, 4.69) is 145 Å². The molecule has 0 bridgehead atoms. The van der Waals surface area contributed by atoms with Crippen molar-refractivity contribution in [3.05, 3.63) is 132 Å². The zero-order valence-electron chi connectivity index (χ0n) is 38.2. The molecule has 1 aromatic heterocycles. The highest BCUT2D eigenvalue weighted by Crippen LogP contribution is 2.18. The molecule has 0 aliphatic carbocycles. The number of aryl methyl sites for hydroxylation is 5. The van der Waals surface area contributed by atoms with E-state index in [1.807, 2.05) is 63.9 Å². The van der Waals surface area contributed by atoms with Crippen LogP contribution in [0.3, 0.4) is 0 Å². The number of rotatable bonds is 3. The van der Waals surface area contributed by atoms with Crippen LogP contribution in [0, 0.1) is 13.8 Å². The van der Waals surface area contributed by atoms with E-state index < -0.39 is 0 Å². The Kier molecular flexibility index (Phi) is 31.6. The third-order valence-corrected chi connectivity index (χ3v) is 10.2. The van der Waals surface area contributed by atoms with Crippen molar-refractivity contribution in [3.8, 4) is 0 Å². The normalized spacial score (nSPS) is 14.7. The number of aromatic nitrogens is 2. The molecule has 4 aromatic carbocycles. The van der Waals surface area contributed by atoms with E-state index >= 15 is 0 Å². The third kappa shape index (κ3) is 25.3. The van der Waals surface area contributed by atoms with E-state index in [9.17, 15) is 0 Å². The van der Waals surface area contributed by atoms with Gasteiger partial charge in [0.1, 0.15) is 0 Å². The van der Waals surface area contributed by atoms with Gasteiger partial charge in [0, 0.05) is 55.5 Å². The van der Waals surface area contributed by atoms with Crippen LogP contribution in [-0.2, 0) is 24.6 Å². The monoisotopic (exact) mass is 809 g/mol. The van der Waals surface area contributed by atoms with E-state index in [0.717, 1.165) is 44.8 Å². The second-order valence-corrected chi connectivity index (χ2v) is 15.4. The van der Waals surface area contributed by atoms with Gasteiger partial charge in [-0.1, -0.05) is 119 Å². The number of piperidine rings is 1. The number of fused-ring (bicyclic) bond motifs is 1. The number of morpholine rings is 1. The molecule has 59 heavy (non-hydrogen) atoms. The molecule has 3 saturated heterocycles. The summed E-state index contributed by atoms with van der Waals surface area (Å²) in [5.41, 5.74) is 6.39. The highest BCUT2D eigenvalue weighted by atomic mass is 16.5. The lowest BCUT2D eigenvalue weighted by atomic mass is 10.0. The summed E-state index contributed by atoms with van der Waals surface area (Å²) < 4.78 is 6.97. The first-order chi connectivity index (χ1) is 27.5. The molecule has 327 valence electrons. The topological polar surface area (TPSA) is 40.0 Å². The second-order valence-electron chi connectivity index (χ2n) is 15.4. The molecule has 0 N–H and O–H groups in total. The quantitative estimate of drug-likeness (QED) is 0.169. The van der Waals surface area contributed by atoms with Gasteiger partial charge >= 0.3 is 0 Å². The van der Waals surface area contributed by atoms with Gasteiger partial charge in [0.05, 0.1) is 18.9 Å². The summed E-state index contributed by atoms with van der Waals surface area (Å²) in [5, 5.41) is 6.86. The van der Waals surface area contributed by atoms with Crippen LogP contribution < -0.4 is 4.90 Å². The minimum Gasteiger partial charge on any atom is -0.379 e. The molecule has 3 radical (unpaired) electrons. The molecular weight excluding hydrogens is 723 g/mol. The number of likely N-dealkylation sites (N-methyl/N-ethyl adjacent to an activating group) is 1. The average Bonchev–Trinajstić information content (AvgIpc) is 3.85. The Hall–Kier alpha value is -3.95. The summed E-state index contributed by atoms with van der Waals surface area (Å²) >= 11 is 0. The summed E-state index contributed by atoms with van der Waals surface area (Å²) in [6.07, 6.45) is 9.35. The third-order valence-electron chi connectivity index (χ3n) is 10.2. The van der Waals surface area contributed by atoms with Gasteiger partial charge in [0.2, 0.25) is 0 Å². The van der Waals surface area contributed by atoms with Crippen molar-refractivity contribution in [1.82, 2.24) is 24.5 Å². The van der Waals surface area contributed by atoms with E-state index in [1.165, 1.54) is 91.6 Å². The lowest BCUT2D eigenvalue weighted by Crippen LogP contribution is -2.32. The van der Waals surface area contributed by atoms with Crippen LogP contribution in [0.1, 0.15) is 77.3 Å². The van der Waals surface area contributed by atoms with Crippen LogP contribution in [0.2, 0.25) is 0 Å². The van der Waals surface area contributed by atoms with Gasteiger partial charge in [-0.2, -0.15) is 5.10 Å². The number of likely N-dealkylation sites (tertiary alicyclic amines) is 2. The molecule has 4 heterocycles. The highest BCUT2D eigenvalue weighted by molar-refractivity contribution is 5.85. The lowest BCUT2D eigenvalue weighted by molar-refractivity contribution is 0.0503. The number of anilines is 1. The first kappa shape index (κ1) is 55.1. The SMILES string of the molecule is C.CCc1cccc2ccccc12.CCc1ccccc1.CN(C)c1ccccc1.CN1CCCC1.CN1CCCCC1.CN1CCOCC1.Cc1cc(C)n(C)n1.[2HH].[B]. The maximum atomic E-state index is 5.10. The van der Waals surface area contributed by atoms with Gasteiger partial charge in [0.25, 0.3) is 0 Å². The first-order valence-corrected chi connectivity index (χ1v) is 21.4. The van der Waals surface area contributed by atoms with Gasteiger partial charge in [-0.3, -0.25) is 4.68 Å². The molecule has 0 unspecified atom stereocenters. The number of hydrogen-bond donors (Lipinski definition) is 0. The molecular formula is C51H84BN6O. The fraction of sp³-hybridized carbons (Fsp3) is 0.510. The van der Waals surface area contributed by atoms with Gasteiger partial charge in [-0.05, 0) is 140 Å². The van der Waals surface area contributed by atoms with Crippen LogP contribution in [0.4, 0.5) is 5.69 Å². The molecule has 3 fully saturated rings. The zero-order valence-corrected chi connectivity index (χ0v) is 38.2. The van der Waals surface area contributed by atoms with Gasteiger partial charge < -0.3 is 24.3 Å². The van der Waals surface area contributed by atoms with Crippen molar-refractivity contribution in [2.75, 3.05) is 92.6 Å². The summed E-state index contributed by atoms with van der Waals surface area (Å²) in [6, 6.07) is 37.8. The van der Waals surface area contributed by atoms with Gasteiger partial charge in [0.15, 0.2) is 0 Å². The first-order valence-electron chi connectivity index (χ1n) is 21.4. The molecule has 7 nitrogen and oxygen atoms in total. The van der Waals surface area contributed by atoms with Crippen molar-refractivity contribution in [1.29, 1.82) is 0 Å². The Bertz CT molecular complexity index is 1650. The molecule has 3 aliphatic heterocycles. The van der Waals surface area contributed by atoms with Crippen LogP contribution in [0.25, 0.3) is 10.8 Å². The standard InChI is InChI=1S/C12H12.C8H11N.C8H10.C6H10N2.C6H13N.C5H11NO.C5H11N.CH4.B.H2/c1-2-10-7-5-8-11-6-3-4-9-12(10)11;1-9(2)8-6-4-3-5-7-8;1-2-8-6-4-3-5-7-8;1-5-4-6(2)8(3)7-5;1-7-5-3-2-4-6-7;1-6-2-4-7-5-3-6;1-6-4-2-3-5-6;;;/h3-9H,2H2,1H3;3-7H,1-2H3;3-7H,2H2,1H3;4H,1-3H3;2-6H2,1H3;2-5H2,1H3;2-5H2,1H3;1H4;;1H/i;;;;;;;;;1+1. The molecule has 0 saturated carbocycles. The smallest absolute Gasteiger partial charge is 0.0596 e. The maximum Gasteiger partial charge on any atom is 0.0596 e.